The van der Waals surface area contributed by atoms with Crippen molar-refractivity contribution in [1.29, 1.82) is 0 Å². The number of nitro benzene ring substituents is 1. The highest BCUT2D eigenvalue weighted by molar-refractivity contribution is 7.17. The van der Waals surface area contributed by atoms with Crippen molar-refractivity contribution < 1.29 is 14.5 Å². The van der Waals surface area contributed by atoms with Crippen LogP contribution in [0.25, 0.3) is 11.3 Å². The summed E-state index contributed by atoms with van der Waals surface area (Å²) in [6.07, 6.45) is 1.58. The summed E-state index contributed by atoms with van der Waals surface area (Å²) in [7, 11) is 5.17. The molecule has 0 aliphatic heterocycles. The van der Waals surface area contributed by atoms with Gasteiger partial charge in [0.2, 0.25) is 5.13 Å². The molecular weight excluding hydrogens is 406 g/mol. The Kier molecular flexibility index (Phi) is 6.38. The number of aromatic nitrogens is 1. The molecule has 9 nitrogen and oxygen atoms in total. The van der Waals surface area contributed by atoms with E-state index in [1.54, 1.807) is 47.6 Å². The number of carbonyl (C=O) groups excluding carboxylic acids is 1. The zero-order valence-electron chi connectivity index (χ0n) is 16.5. The van der Waals surface area contributed by atoms with Crippen molar-refractivity contribution in [3.8, 4) is 17.0 Å². The number of benzene rings is 2. The van der Waals surface area contributed by atoms with Crippen LogP contribution in [0.1, 0.15) is 9.67 Å². The number of carbonyl (C=O) groups is 1. The molecule has 1 N–H and O–H groups in total. The molecule has 154 valence electrons. The van der Waals surface area contributed by atoms with E-state index in [2.05, 4.69) is 15.3 Å². The fraction of sp³-hybridized carbons (Fsp3) is 0.150. The first kappa shape index (κ1) is 20.9. The summed E-state index contributed by atoms with van der Waals surface area (Å²) in [5.41, 5.74) is 1.45. The number of nitrogens with zero attached hydrogens (tertiary/aromatic N) is 4. The molecule has 30 heavy (non-hydrogen) atoms. The fourth-order valence-corrected chi connectivity index (χ4v) is 3.37. The van der Waals surface area contributed by atoms with Gasteiger partial charge < -0.3 is 15.0 Å². The summed E-state index contributed by atoms with van der Waals surface area (Å²) in [4.78, 5) is 34.3. The van der Waals surface area contributed by atoms with Crippen LogP contribution in [0.2, 0.25) is 0 Å². The van der Waals surface area contributed by atoms with Gasteiger partial charge >= 0.3 is 0 Å². The number of aliphatic imine (C=N–C) groups is 1. The van der Waals surface area contributed by atoms with E-state index in [9.17, 15) is 14.9 Å². The van der Waals surface area contributed by atoms with E-state index in [0.29, 0.717) is 32.7 Å². The molecule has 0 spiro atoms. The lowest BCUT2D eigenvalue weighted by Crippen LogP contribution is -2.12. The molecule has 0 saturated carbocycles. The highest BCUT2D eigenvalue weighted by Gasteiger charge is 2.21. The lowest BCUT2D eigenvalue weighted by Gasteiger charge is -2.09. The third kappa shape index (κ3) is 4.78. The Labute approximate surface area is 176 Å². The molecule has 1 heterocycles. The van der Waals surface area contributed by atoms with E-state index in [1.807, 2.05) is 14.1 Å². The molecule has 0 aliphatic rings. The van der Waals surface area contributed by atoms with E-state index in [-0.39, 0.29) is 11.6 Å². The third-order valence-corrected chi connectivity index (χ3v) is 4.89. The first-order valence-electron chi connectivity index (χ1n) is 8.79. The van der Waals surface area contributed by atoms with Gasteiger partial charge in [0.25, 0.3) is 11.6 Å². The van der Waals surface area contributed by atoms with Crippen LogP contribution >= 0.6 is 11.3 Å². The highest BCUT2D eigenvalue weighted by atomic mass is 32.1. The Hall–Kier alpha value is -3.79. The van der Waals surface area contributed by atoms with Crippen LogP contribution < -0.4 is 10.1 Å². The molecule has 10 heteroatoms. The number of non-ortho nitro benzene ring substituents is 1. The van der Waals surface area contributed by atoms with E-state index in [0.717, 1.165) is 11.3 Å². The SMILES string of the molecule is COc1ccccc1NC(=O)c1sc(N=CN(C)C)nc1-c1ccc([N+](=O)[O-])cc1. The van der Waals surface area contributed by atoms with Crippen LogP contribution in [-0.4, -0.2) is 48.3 Å². The standard InChI is InChI=1S/C20H19N5O4S/c1-24(2)12-21-20-23-17(13-8-10-14(11-9-13)25(27)28)18(30-20)19(26)22-15-6-4-5-7-16(15)29-3/h4-12H,1-3H3,(H,22,26). The number of hydrogen-bond acceptors (Lipinski definition) is 7. The number of para-hydroxylation sites is 2. The molecular formula is C20H19N5O4S. The molecule has 0 bridgehead atoms. The van der Waals surface area contributed by atoms with Gasteiger partial charge in [-0.15, -0.1) is 0 Å². The molecule has 0 radical (unpaired) electrons. The molecule has 3 rings (SSSR count). The molecule has 0 saturated heterocycles. The average molecular weight is 425 g/mol. The Balaban J connectivity index is 2.00. The van der Waals surface area contributed by atoms with Gasteiger partial charge in [0.1, 0.15) is 10.6 Å². The maximum Gasteiger partial charge on any atom is 0.269 e. The molecule has 1 amide bonds. The molecule has 1 aromatic heterocycles. The van der Waals surface area contributed by atoms with Gasteiger partial charge in [0.05, 0.1) is 29.8 Å². The number of methoxy groups -OCH3 is 1. The number of nitro groups is 1. The number of thiazole rings is 1. The summed E-state index contributed by atoms with van der Waals surface area (Å²) in [6.45, 7) is 0. The second-order valence-corrected chi connectivity index (χ2v) is 7.32. The summed E-state index contributed by atoms with van der Waals surface area (Å²) < 4.78 is 5.28. The van der Waals surface area contributed by atoms with Gasteiger partial charge in [-0.05, 0) is 24.3 Å². The van der Waals surface area contributed by atoms with Crippen LogP contribution in [-0.2, 0) is 0 Å². The number of amides is 1. The van der Waals surface area contributed by atoms with E-state index >= 15 is 0 Å². The molecule has 0 aliphatic carbocycles. The molecule has 2 aromatic carbocycles. The first-order valence-corrected chi connectivity index (χ1v) is 9.61. The Morgan fingerprint density at radius 3 is 2.57 bits per heavy atom. The first-order chi connectivity index (χ1) is 14.4. The monoisotopic (exact) mass is 425 g/mol. The van der Waals surface area contributed by atoms with Gasteiger partial charge in [-0.2, -0.15) is 0 Å². The van der Waals surface area contributed by atoms with Crippen LogP contribution in [0, 0.1) is 10.1 Å². The smallest absolute Gasteiger partial charge is 0.269 e. The van der Waals surface area contributed by atoms with Gasteiger partial charge in [0.15, 0.2) is 0 Å². The van der Waals surface area contributed by atoms with Crippen LogP contribution in [0.5, 0.6) is 5.75 Å². The summed E-state index contributed by atoms with van der Waals surface area (Å²) in [5, 5.41) is 14.2. The van der Waals surface area contributed by atoms with Crippen molar-refractivity contribution in [2.45, 2.75) is 0 Å². The van der Waals surface area contributed by atoms with E-state index < -0.39 is 4.92 Å². The second kappa shape index (κ2) is 9.14. The van der Waals surface area contributed by atoms with Crippen molar-refractivity contribution >= 4 is 40.1 Å². The zero-order valence-corrected chi connectivity index (χ0v) is 17.3. The maximum atomic E-state index is 13.0. The van der Waals surface area contributed by atoms with Crippen LogP contribution in [0.4, 0.5) is 16.5 Å². The van der Waals surface area contributed by atoms with Crippen molar-refractivity contribution in [3.05, 3.63) is 63.5 Å². The van der Waals surface area contributed by atoms with Gasteiger partial charge in [-0.25, -0.2) is 9.98 Å². The number of anilines is 1. The minimum absolute atomic E-state index is 0.0418. The zero-order chi connectivity index (χ0) is 21.7. The predicted octanol–water partition coefficient (Wildman–Crippen LogP) is 4.20. The van der Waals surface area contributed by atoms with Gasteiger partial charge in [0, 0.05) is 31.8 Å². The lowest BCUT2D eigenvalue weighted by molar-refractivity contribution is -0.384. The van der Waals surface area contributed by atoms with Crippen molar-refractivity contribution in [2.75, 3.05) is 26.5 Å². The Morgan fingerprint density at radius 2 is 1.93 bits per heavy atom. The lowest BCUT2D eigenvalue weighted by atomic mass is 10.1. The molecule has 3 aromatic rings. The fourth-order valence-electron chi connectivity index (χ4n) is 2.55. The summed E-state index contributed by atoms with van der Waals surface area (Å²) in [5.74, 6) is 0.148. The van der Waals surface area contributed by atoms with E-state index in [4.69, 9.17) is 4.74 Å². The molecule has 0 unspecified atom stereocenters. The topological polar surface area (TPSA) is 110 Å². The van der Waals surface area contributed by atoms with Gasteiger partial charge in [-0.1, -0.05) is 23.5 Å². The Bertz CT molecular complexity index is 1090. The number of nitrogens with one attached hydrogen (secondary N) is 1. The number of rotatable bonds is 7. The maximum absolute atomic E-state index is 13.0. The normalized spacial score (nSPS) is 10.8. The second-order valence-electron chi connectivity index (χ2n) is 6.34. The predicted molar refractivity (Wildman–Crippen MR) is 117 cm³/mol. The minimum atomic E-state index is -0.479. The largest absolute Gasteiger partial charge is 0.495 e. The van der Waals surface area contributed by atoms with Crippen LogP contribution in [0.15, 0.2) is 53.5 Å². The van der Waals surface area contributed by atoms with Crippen molar-refractivity contribution in [3.63, 3.8) is 0 Å². The number of ether oxygens (including phenoxy) is 1. The third-order valence-electron chi connectivity index (χ3n) is 3.93. The quantitative estimate of drug-likeness (QED) is 0.263. The Morgan fingerprint density at radius 1 is 1.23 bits per heavy atom. The molecule has 0 fully saturated rings. The van der Waals surface area contributed by atoms with Crippen LogP contribution in [0.3, 0.4) is 0 Å². The van der Waals surface area contributed by atoms with Gasteiger partial charge in [-0.3, -0.25) is 14.9 Å². The summed E-state index contributed by atoms with van der Waals surface area (Å²) >= 11 is 1.13. The minimum Gasteiger partial charge on any atom is -0.495 e. The summed E-state index contributed by atoms with van der Waals surface area (Å²) in [6, 6.07) is 12.9. The number of hydrogen-bond donors (Lipinski definition) is 1. The van der Waals surface area contributed by atoms with Crippen molar-refractivity contribution in [2.24, 2.45) is 4.99 Å². The highest BCUT2D eigenvalue weighted by Crippen LogP contribution is 2.34. The molecule has 0 atom stereocenters. The van der Waals surface area contributed by atoms with E-state index in [1.165, 1.54) is 19.2 Å². The average Bonchev–Trinajstić information content (AvgIpc) is 3.17. The van der Waals surface area contributed by atoms with Crippen molar-refractivity contribution in [1.82, 2.24) is 9.88 Å².